The zero-order valence-electron chi connectivity index (χ0n) is 9.26. The molecule has 0 aliphatic heterocycles. The maximum absolute atomic E-state index is 10.7. The minimum atomic E-state index is -0.563. The number of nitrogens with zero attached hydrogens (tertiary/aromatic N) is 2. The van der Waals surface area contributed by atoms with Crippen molar-refractivity contribution in [2.75, 3.05) is 6.61 Å². The van der Waals surface area contributed by atoms with Crippen LogP contribution in [0.15, 0.2) is 18.2 Å². The van der Waals surface area contributed by atoms with E-state index < -0.39 is 4.92 Å². The van der Waals surface area contributed by atoms with Crippen molar-refractivity contribution in [2.45, 2.75) is 19.3 Å². The average Bonchev–Trinajstić information content (AvgIpc) is 3.13. The molecule has 0 radical (unpaired) electrons. The van der Waals surface area contributed by atoms with Crippen LogP contribution in [-0.4, -0.2) is 11.5 Å². The van der Waals surface area contributed by atoms with Crippen LogP contribution in [0.5, 0.6) is 5.75 Å². The summed E-state index contributed by atoms with van der Waals surface area (Å²) < 4.78 is 5.43. The van der Waals surface area contributed by atoms with Gasteiger partial charge in [0.05, 0.1) is 17.6 Å². The molecule has 0 atom stereocenters. The summed E-state index contributed by atoms with van der Waals surface area (Å²) in [5.74, 6) is 1.22. The number of hydrogen-bond acceptors (Lipinski definition) is 4. The molecule has 0 amide bonds. The fourth-order valence-electron chi connectivity index (χ4n) is 1.60. The van der Waals surface area contributed by atoms with Crippen molar-refractivity contribution in [1.82, 2.24) is 0 Å². The fraction of sp³-hybridized carbons (Fsp3) is 0.417. The molecule has 0 spiro atoms. The van der Waals surface area contributed by atoms with Crippen LogP contribution in [0.25, 0.3) is 0 Å². The quantitative estimate of drug-likeness (QED) is 0.577. The van der Waals surface area contributed by atoms with E-state index in [1.54, 1.807) is 12.1 Å². The summed E-state index contributed by atoms with van der Waals surface area (Å²) in [6.07, 6.45) is 3.52. The van der Waals surface area contributed by atoms with Gasteiger partial charge in [0, 0.05) is 0 Å². The van der Waals surface area contributed by atoms with Crippen molar-refractivity contribution in [1.29, 1.82) is 5.26 Å². The number of nitriles is 1. The number of nitro benzene ring substituents is 1. The molecular weight excluding hydrogens is 220 g/mol. The number of rotatable bonds is 5. The predicted octanol–water partition coefficient (Wildman–Crippen LogP) is 2.65. The van der Waals surface area contributed by atoms with Crippen molar-refractivity contribution >= 4 is 5.69 Å². The van der Waals surface area contributed by atoms with E-state index in [1.807, 2.05) is 0 Å². The molecule has 5 heteroatoms. The van der Waals surface area contributed by atoms with E-state index >= 15 is 0 Å². The summed E-state index contributed by atoms with van der Waals surface area (Å²) in [4.78, 5) is 10.2. The highest BCUT2D eigenvalue weighted by Crippen LogP contribution is 2.32. The molecule has 1 aliphatic rings. The minimum absolute atomic E-state index is 0.0598. The lowest BCUT2D eigenvalue weighted by atomic mass is 10.2. The van der Waals surface area contributed by atoms with Gasteiger partial charge in [-0.1, -0.05) is 12.8 Å². The lowest BCUT2D eigenvalue weighted by Crippen LogP contribution is -1.99. The first-order valence-electron chi connectivity index (χ1n) is 5.52. The molecule has 0 N–H and O–H groups in total. The molecule has 1 aliphatic carbocycles. The van der Waals surface area contributed by atoms with Crippen molar-refractivity contribution in [3.63, 3.8) is 0 Å². The molecule has 2 rings (SSSR count). The smallest absolute Gasteiger partial charge is 0.290 e. The van der Waals surface area contributed by atoms with E-state index in [4.69, 9.17) is 10.00 Å². The third-order valence-corrected chi connectivity index (χ3v) is 2.78. The average molecular weight is 232 g/mol. The van der Waals surface area contributed by atoms with Crippen molar-refractivity contribution < 1.29 is 9.66 Å². The monoisotopic (exact) mass is 232 g/mol. The lowest BCUT2D eigenvalue weighted by Gasteiger charge is -2.05. The van der Waals surface area contributed by atoms with Gasteiger partial charge >= 0.3 is 0 Å². The summed E-state index contributed by atoms with van der Waals surface area (Å²) in [6.45, 7) is 0.577. The van der Waals surface area contributed by atoms with Crippen molar-refractivity contribution in [2.24, 2.45) is 5.92 Å². The molecule has 0 unspecified atom stereocenters. The highest BCUT2D eigenvalue weighted by Gasteiger charge is 2.21. The third kappa shape index (κ3) is 2.94. The van der Waals surface area contributed by atoms with Crippen LogP contribution in [0.3, 0.4) is 0 Å². The van der Waals surface area contributed by atoms with Gasteiger partial charge in [-0.2, -0.15) is 5.26 Å². The minimum Gasteiger partial charge on any atom is -0.493 e. The number of nitro groups is 1. The Kier molecular flexibility index (Phi) is 3.24. The van der Waals surface area contributed by atoms with Crippen LogP contribution in [0.1, 0.15) is 24.8 Å². The van der Waals surface area contributed by atoms with Gasteiger partial charge < -0.3 is 4.74 Å². The van der Waals surface area contributed by atoms with Gasteiger partial charge in [-0.15, -0.1) is 0 Å². The van der Waals surface area contributed by atoms with Crippen LogP contribution in [0, 0.1) is 27.4 Å². The zero-order valence-corrected chi connectivity index (χ0v) is 9.26. The summed E-state index contributed by atoms with van der Waals surface area (Å²) in [7, 11) is 0. The second kappa shape index (κ2) is 4.83. The Morgan fingerprint density at radius 2 is 2.29 bits per heavy atom. The van der Waals surface area contributed by atoms with Crippen molar-refractivity contribution in [3.05, 3.63) is 33.9 Å². The summed E-state index contributed by atoms with van der Waals surface area (Å²) in [5.41, 5.74) is -0.138. The maximum atomic E-state index is 10.7. The van der Waals surface area contributed by atoms with E-state index in [0.717, 1.165) is 12.3 Å². The number of ether oxygens (including phenoxy) is 1. The van der Waals surface area contributed by atoms with Crippen LogP contribution in [0.2, 0.25) is 0 Å². The van der Waals surface area contributed by atoms with Crippen molar-refractivity contribution in [3.8, 4) is 11.8 Å². The van der Waals surface area contributed by atoms with Crippen LogP contribution in [-0.2, 0) is 0 Å². The van der Waals surface area contributed by atoms with E-state index in [0.29, 0.717) is 12.4 Å². The second-order valence-corrected chi connectivity index (χ2v) is 4.13. The van der Waals surface area contributed by atoms with Gasteiger partial charge in [0.1, 0.15) is 17.4 Å². The number of hydrogen-bond donors (Lipinski definition) is 0. The van der Waals surface area contributed by atoms with Crippen LogP contribution in [0.4, 0.5) is 5.69 Å². The first-order valence-corrected chi connectivity index (χ1v) is 5.52. The molecule has 5 nitrogen and oxygen atoms in total. The zero-order chi connectivity index (χ0) is 12.3. The van der Waals surface area contributed by atoms with Gasteiger partial charge in [0.25, 0.3) is 5.69 Å². The molecule has 0 bridgehead atoms. The Bertz CT molecular complexity index is 475. The Morgan fingerprint density at radius 1 is 1.53 bits per heavy atom. The van der Waals surface area contributed by atoms with E-state index in [-0.39, 0.29) is 11.3 Å². The van der Waals surface area contributed by atoms with Gasteiger partial charge in [0.2, 0.25) is 0 Å². The first kappa shape index (κ1) is 11.4. The van der Waals surface area contributed by atoms with Gasteiger partial charge in [0.15, 0.2) is 0 Å². The van der Waals surface area contributed by atoms with Gasteiger partial charge in [-0.05, 0) is 24.5 Å². The van der Waals surface area contributed by atoms with E-state index in [2.05, 4.69) is 0 Å². The highest BCUT2D eigenvalue weighted by molar-refractivity contribution is 5.52. The second-order valence-electron chi connectivity index (χ2n) is 4.13. The molecule has 1 fully saturated rings. The Balaban J connectivity index is 2.04. The largest absolute Gasteiger partial charge is 0.493 e. The Hall–Kier alpha value is -2.09. The Morgan fingerprint density at radius 3 is 2.88 bits per heavy atom. The topological polar surface area (TPSA) is 76.2 Å². The molecule has 1 aromatic rings. The molecule has 0 heterocycles. The maximum Gasteiger partial charge on any atom is 0.290 e. The molecule has 0 saturated heterocycles. The van der Waals surface area contributed by atoms with Gasteiger partial charge in [-0.3, -0.25) is 10.1 Å². The molecular formula is C12H12N2O3. The SMILES string of the molecule is N#Cc1ccc(OCCC2CC2)cc1[N+](=O)[O-]. The number of benzene rings is 1. The van der Waals surface area contributed by atoms with E-state index in [9.17, 15) is 10.1 Å². The lowest BCUT2D eigenvalue weighted by molar-refractivity contribution is -0.385. The fourth-order valence-corrected chi connectivity index (χ4v) is 1.60. The van der Waals surface area contributed by atoms with E-state index in [1.165, 1.54) is 25.0 Å². The molecule has 88 valence electrons. The third-order valence-electron chi connectivity index (χ3n) is 2.78. The predicted molar refractivity (Wildman–Crippen MR) is 60.6 cm³/mol. The van der Waals surface area contributed by atoms with Crippen LogP contribution >= 0.6 is 0 Å². The standard InChI is InChI=1S/C12H12N2O3/c13-8-10-3-4-11(7-12(10)14(15)16)17-6-5-9-1-2-9/h3-4,7,9H,1-2,5-6H2. The van der Waals surface area contributed by atoms with Gasteiger partial charge in [-0.25, -0.2) is 0 Å². The highest BCUT2D eigenvalue weighted by atomic mass is 16.6. The molecule has 17 heavy (non-hydrogen) atoms. The molecule has 0 aromatic heterocycles. The first-order chi connectivity index (χ1) is 8.20. The Labute approximate surface area is 98.8 Å². The summed E-state index contributed by atoms with van der Waals surface area (Å²) >= 11 is 0. The molecule has 1 saturated carbocycles. The summed E-state index contributed by atoms with van der Waals surface area (Å²) in [6, 6.07) is 6.12. The normalized spacial score (nSPS) is 14.1. The van der Waals surface area contributed by atoms with Crippen LogP contribution < -0.4 is 4.74 Å². The molecule has 1 aromatic carbocycles. The summed E-state index contributed by atoms with van der Waals surface area (Å²) in [5, 5.41) is 19.4.